The fraction of sp³-hybridized carbons (Fsp3) is 0.357. The van der Waals surface area contributed by atoms with E-state index >= 15 is 0 Å². The van der Waals surface area contributed by atoms with Crippen LogP contribution in [0.1, 0.15) is 30.4 Å². The summed E-state index contributed by atoms with van der Waals surface area (Å²) < 4.78 is 0. The van der Waals surface area contributed by atoms with Gasteiger partial charge in [-0.1, -0.05) is 42.5 Å². The van der Waals surface area contributed by atoms with Crippen molar-refractivity contribution in [1.29, 1.82) is 0 Å². The molecule has 2 rings (SSSR count). The van der Waals surface area contributed by atoms with Gasteiger partial charge in [-0.25, -0.2) is 4.79 Å². The maximum atomic E-state index is 13.4. The normalized spacial score (nSPS) is 13.4. The number of aliphatic carboxylic acids is 1. The first-order valence-electron chi connectivity index (χ1n) is 13.4. The van der Waals surface area contributed by atoms with Crippen molar-refractivity contribution in [2.45, 2.75) is 56.3 Å². The summed E-state index contributed by atoms with van der Waals surface area (Å²) in [5.41, 5.74) is 22.9. The van der Waals surface area contributed by atoms with Crippen LogP contribution in [-0.2, 0) is 36.8 Å². The van der Waals surface area contributed by atoms with E-state index in [9.17, 15) is 34.2 Å². The number of primary amides is 1. The molecule has 0 aliphatic carbocycles. The highest BCUT2D eigenvalue weighted by atomic mass is 16.4. The van der Waals surface area contributed by atoms with E-state index < -0.39 is 60.2 Å². The number of hydrogen-bond donors (Lipinski definition) is 9. The molecule has 0 saturated carbocycles. The lowest BCUT2D eigenvalue weighted by molar-refractivity contribution is -0.142. The number of phenols is 1. The van der Waals surface area contributed by atoms with Gasteiger partial charge in [0.05, 0.1) is 12.5 Å². The molecule has 0 fully saturated rings. The first-order chi connectivity index (χ1) is 20.3. The van der Waals surface area contributed by atoms with Gasteiger partial charge in [0.25, 0.3) is 0 Å². The van der Waals surface area contributed by atoms with Crippen molar-refractivity contribution in [3.63, 3.8) is 0 Å². The zero-order valence-corrected chi connectivity index (χ0v) is 23.4. The minimum absolute atomic E-state index is 0.00481. The number of nitrogens with two attached hydrogens (primary N) is 4. The molecule has 4 atom stereocenters. The molecule has 0 aliphatic heterocycles. The number of aromatic hydroxyl groups is 1. The summed E-state index contributed by atoms with van der Waals surface area (Å²) in [6.07, 6.45) is -0.186. The van der Waals surface area contributed by atoms with E-state index in [1.165, 1.54) is 24.3 Å². The maximum Gasteiger partial charge on any atom is 0.326 e. The van der Waals surface area contributed by atoms with Crippen LogP contribution in [0.2, 0.25) is 0 Å². The highest BCUT2D eigenvalue weighted by Gasteiger charge is 2.31. The number of phenolic OH excluding ortho intramolecular Hbond substituents is 1. The summed E-state index contributed by atoms with van der Waals surface area (Å²) >= 11 is 0. The highest BCUT2D eigenvalue weighted by Crippen LogP contribution is 2.12. The minimum Gasteiger partial charge on any atom is -0.508 e. The Balaban J connectivity index is 2.20. The van der Waals surface area contributed by atoms with Crippen molar-refractivity contribution >= 4 is 35.6 Å². The highest BCUT2D eigenvalue weighted by molar-refractivity contribution is 5.96. The molecule has 15 heteroatoms. The van der Waals surface area contributed by atoms with E-state index in [1.807, 2.05) is 0 Å². The number of aliphatic imine (C=N–C) groups is 1. The van der Waals surface area contributed by atoms with Crippen LogP contribution in [0, 0.1) is 0 Å². The molecule has 0 aliphatic rings. The van der Waals surface area contributed by atoms with Crippen molar-refractivity contribution in [1.82, 2.24) is 16.0 Å². The van der Waals surface area contributed by atoms with E-state index in [4.69, 9.17) is 22.9 Å². The Labute approximate surface area is 248 Å². The van der Waals surface area contributed by atoms with E-state index in [0.29, 0.717) is 17.5 Å². The molecule has 0 spiro atoms. The van der Waals surface area contributed by atoms with Crippen LogP contribution >= 0.6 is 0 Å². The van der Waals surface area contributed by atoms with E-state index in [1.54, 1.807) is 30.3 Å². The third-order valence-electron chi connectivity index (χ3n) is 6.25. The van der Waals surface area contributed by atoms with Crippen LogP contribution in [-0.4, -0.2) is 76.5 Å². The lowest BCUT2D eigenvalue weighted by Gasteiger charge is -2.25. The number of carbonyl (C=O) groups excluding carboxylic acids is 4. The average molecular weight is 599 g/mol. The Hall–Kier alpha value is -5.18. The van der Waals surface area contributed by atoms with Gasteiger partial charge in [0.15, 0.2) is 5.96 Å². The lowest BCUT2D eigenvalue weighted by Crippen LogP contribution is -2.58. The summed E-state index contributed by atoms with van der Waals surface area (Å²) in [6.45, 7) is 0.231. The summed E-state index contributed by atoms with van der Waals surface area (Å²) in [5.74, 6) is -4.79. The van der Waals surface area contributed by atoms with Crippen molar-refractivity contribution in [2.24, 2.45) is 27.9 Å². The van der Waals surface area contributed by atoms with Crippen molar-refractivity contribution in [2.75, 3.05) is 6.54 Å². The number of carbonyl (C=O) groups is 5. The van der Waals surface area contributed by atoms with E-state index in [-0.39, 0.29) is 37.5 Å². The molecule has 232 valence electrons. The first kappa shape index (κ1) is 34.0. The number of amides is 4. The quantitative estimate of drug-likeness (QED) is 0.0547. The number of carboxylic acids is 1. The Morgan fingerprint density at radius 3 is 1.86 bits per heavy atom. The van der Waals surface area contributed by atoms with Crippen molar-refractivity contribution in [3.05, 3.63) is 65.7 Å². The standard InChI is InChI=1S/C28H38N8O7/c29-19(7-4-12-33-28(31)32)24(39)34-21(15-23(30)38)26(41)35-20(13-16-5-2-1-3-6-16)25(40)36-22(27(42)43)14-17-8-10-18(37)11-9-17/h1-3,5-6,8-11,19-22,37H,4,7,12-15,29H2,(H2,30,38)(H,34,39)(H,35,41)(H,36,40)(H,42,43)(H4,31,32,33). The number of nitrogens with one attached hydrogen (secondary N) is 3. The Bertz CT molecular complexity index is 1280. The third kappa shape index (κ3) is 12.5. The van der Waals surface area contributed by atoms with Gasteiger partial charge in [-0.15, -0.1) is 0 Å². The molecule has 4 amide bonds. The van der Waals surface area contributed by atoms with Gasteiger partial charge in [-0.3, -0.25) is 24.2 Å². The number of hydrogen-bond acceptors (Lipinski definition) is 8. The minimum atomic E-state index is -1.47. The molecule has 0 bridgehead atoms. The third-order valence-corrected chi connectivity index (χ3v) is 6.25. The Morgan fingerprint density at radius 2 is 1.28 bits per heavy atom. The maximum absolute atomic E-state index is 13.4. The van der Waals surface area contributed by atoms with Crippen LogP contribution in [0.25, 0.3) is 0 Å². The Kier molecular flexibility index (Phi) is 13.4. The molecular weight excluding hydrogens is 560 g/mol. The zero-order valence-electron chi connectivity index (χ0n) is 23.4. The van der Waals surface area contributed by atoms with Crippen LogP contribution in [0.4, 0.5) is 0 Å². The molecule has 0 saturated heterocycles. The van der Waals surface area contributed by atoms with Crippen LogP contribution in [0.5, 0.6) is 5.75 Å². The fourth-order valence-corrected chi connectivity index (χ4v) is 4.01. The molecule has 0 aromatic heterocycles. The monoisotopic (exact) mass is 598 g/mol. The smallest absolute Gasteiger partial charge is 0.326 e. The summed E-state index contributed by atoms with van der Waals surface area (Å²) in [5, 5.41) is 26.6. The predicted octanol–water partition coefficient (Wildman–Crippen LogP) is -2.03. The largest absolute Gasteiger partial charge is 0.508 e. The van der Waals surface area contributed by atoms with Crippen molar-refractivity contribution < 1.29 is 34.2 Å². The number of carboxylic acid groups (broad SMARTS) is 1. The average Bonchev–Trinajstić information content (AvgIpc) is 2.95. The molecule has 0 heterocycles. The molecule has 13 N–H and O–H groups in total. The molecule has 2 aromatic carbocycles. The first-order valence-corrected chi connectivity index (χ1v) is 13.4. The van der Waals surface area contributed by atoms with Gasteiger partial charge in [0, 0.05) is 19.4 Å². The number of nitrogens with zero attached hydrogens (tertiary/aromatic N) is 1. The van der Waals surface area contributed by atoms with Gasteiger partial charge in [-0.05, 0) is 36.1 Å². The summed E-state index contributed by atoms with van der Waals surface area (Å²) in [6, 6.07) is 9.24. The molecule has 4 unspecified atom stereocenters. The predicted molar refractivity (Wildman–Crippen MR) is 157 cm³/mol. The molecule has 0 radical (unpaired) electrons. The molecule has 43 heavy (non-hydrogen) atoms. The molecule has 15 nitrogen and oxygen atoms in total. The van der Waals surface area contributed by atoms with Crippen LogP contribution in [0.15, 0.2) is 59.6 Å². The number of benzene rings is 2. The summed E-state index contributed by atoms with van der Waals surface area (Å²) in [7, 11) is 0. The van der Waals surface area contributed by atoms with Gasteiger partial charge in [0.2, 0.25) is 23.6 Å². The van der Waals surface area contributed by atoms with Gasteiger partial charge in [0.1, 0.15) is 23.9 Å². The van der Waals surface area contributed by atoms with Gasteiger partial charge < -0.3 is 49.1 Å². The van der Waals surface area contributed by atoms with Gasteiger partial charge in [-0.2, -0.15) is 0 Å². The van der Waals surface area contributed by atoms with Crippen LogP contribution in [0.3, 0.4) is 0 Å². The van der Waals surface area contributed by atoms with Gasteiger partial charge >= 0.3 is 5.97 Å². The SMILES string of the molecule is NC(=O)CC(NC(=O)C(N)CCCN=C(N)N)C(=O)NC(Cc1ccccc1)C(=O)NC(Cc1ccc(O)cc1)C(=O)O. The topological polar surface area (TPSA) is 278 Å². The molecule has 2 aromatic rings. The zero-order chi connectivity index (χ0) is 31.9. The number of rotatable bonds is 17. The Morgan fingerprint density at radius 1 is 0.744 bits per heavy atom. The lowest BCUT2D eigenvalue weighted by atomic mass is 10.0. The van der Waals surface area contributed by atoms with Crippen molar-refractivity contribution in [3.8, 4) is 5.75 Å². The van der Waals surface area contributed by atoms with E-state index in [2.05, 4.69) is 20.9 Å². The number of guanidine groups is 1. The second-order valence-electron chi connectivity index (χ2n) is 9.81. The fourth-order valence-electron chi connectivity index (χ4n) is 4.01. The van der Waals surface area contributed by atoms with Crippen LogP contribution < -0.4 is 38.9 Å². The second kappa shape index (κ2) is 16.9. The second-order valence-corrected chi connectivity index (χ2v) is 9.81. The summed E-state index contributed by atoms with van der Waals surface area (Å²) in [4.78, 5) is 66.8. The molecular formula is C28H38N8O7. The van der Waals surface area contributed by atoms with E-state index in [0.717, 1.165) is 0 Å².